The molecule has 0 saturated carbocycles. The van der Waals surface area contributed by atoms with Crippen molar-refractivity contribution in [3.05, 3.63) is 64.0 Å². The summed E-state index contributed by atoms with van der Waals surface area (Å²) < 4.78 is 11.4. The second-order valence-electron chi connectivity index (χ2n) is 5.81. The highest BCUT2D eigenvalue weighted by Crippen LogP contribution is 2.34. The lowest BCUT2D eigenvalue weighted by Crippen LogP contribution is -2.30. The quantitative estimate of drug-likeness (QED) is 0.474. The number of hydrogen-bond acceptors (Lipinski definition) is 5. The van der Waals surface area contributed by atoms with Crippen LogP contribution in [0.25, 0.3) is 10.1 Å². The van der Waals surface area contributed by atoms with Crippen molar-refractivity contribution in [1.29, 1.82) is 0 Å². The first-order chi connectivity index (χ1) is 13.0. The number of amides is 1. The fraction of sp³-hybridized carbons (Fsp3) is 0.200. The van der Waals surface area contributed by atoms with Gasteiger partial charge in [-0.3, -0.25) is 9.59 Å². The molecule has 7 heteroatoms. The topological polar surface area (TPSA) is 64.6 Å². The summed E-state index contributed by atoms with van der Waals surface area (Å²) in [5.41, 5.74) is 1.14. The number of carbonyl (C=O) groups is 2. The third kappa shape index (κ3) is 4.99. The average Bonchev–Trinajstić information content (AvgIpc) is 3.02. The molecular weight excluding hydrogens is 386 g/mol. The van der Waals surface area contributed by atoms with Crippen LogP contribution >= 0.6 is 22.9 Å². The number of thiophene rings is 1. The molecule has 2 aromatic carbocycles. The van der Waals surface area contributed by atoms with E-state index in [0.717, 1.165) is 15.6 Å². The van der Waals surface area contributed by atoms with Gasteiger partial charge in [0.1, 0.15) is 30.4 Å². The van der Waals surface area contributed by atoms with Crippen LogP contribution in [0, 0.1) is 6.92 Å². The summed E-state index contributed by atoms with van der Waals surface area (Å²) in [7, 11) is 0. The van der Waals surface area contributed by atoms with Crippen LogP contribution < -0.4 is 10.1 Å². The molecular formula is C20H18ClNO4S. The molecule has 3 rings (SSSR count). The van der Waals surface area contributed by atoms with Crippen molar-refractivity contribution < 1.29 is 19.1 Å². The van der Waals surface area contributed by atoms with E-state index in [9.17, 15) is 9.59 Å². The normalized spacial score (nSPS) is 10.6. The first kappa shape index (κ1) is 19.2. The van der Waals surface area contributed by atoms with E-state index in [2.05, 4.69) is 5.32 Å². The van der Waals surface area contributed by atoms with Crippen molar-refractivity contribution in [1.82, 2.24) is 5.32 Å². The van der Waals surface area contributed by atoms with E-state index in [1.54, 1.807) is 0 Å². The van der Waals surface area contributed by atoms with Crippen molar-refractivity contribution in [3.8, 4) is 5.75 Å². The number of hydrogen-bond donors (Lipinski definition) is 1. The van der Waals surface area contributed by atoms with Crippen LogP contribution in [0.1, 0.15) is 15.2 Å². The van der Waals surface area contributed by atoms with E-state index < -0.39 is 11.9 Å². The average molecular weight is 404 g/mol. The number of nitrogens with one attached hydrogen (secondary N) is 1. The molecule has 1 heterocycles. The fourth-order valence-electron chi connectivity index (χ4n) is 2.39. The van der Waals surface area contributed by atoms with Crippen molar-refractivity contribution in [2.75, 3.05) is 19.8 Å². The van der Waals surface area contributed by atoms with Gasteiger partial charge in [0, 0.05) is 10.1 Å². The second-order valence-corrected chi connectivity index (χ2v) is 7.24. The molecule has 0 fully saturated rings. The fourth-order valence-corrected chi connectivity index (χ4v) is 3.83. The summed E-state index contributed by atoms with van der Waals surface area (Å²) in [4.78, 5) is 24.4. The summed E-state index contributed by atoms with van der Waals surface area (Å²) in [5, 5.41) is 3.76. The van der Waals surface area contributed by atoms with Crippen LogP contribution in [0.2, 0.25) is 5.02 Å². The van der Waals surface area contributed by atoms with Gasteiger partial charge >= 0.3 is 5.97 Å². The smallest absolute Gasteiger partial charge is 0.325 e. The Hall–Kier alpha value is -2.57. The minimum Gasteiger partial charge on any atom is -0.490 e. The number of ether oxygens (including phenoxy) is 2. The van der Waals surface area contributed by atoms with Gasteiger partial charge in [-0.2, -0.15) is 0 Å². The summed E-state index contributed by atoms with van der Waals surface area (Å²) in [6, 6.07) is 15.1. The first-order valence-electron chi connectivity index (χ1n) is 8.35. The van der Waals surface area contributed by atoms with E-state index in [1.807, 2.05) is 55.5 Å². The monoisotopic (exact) mass is 403 g/mol. The lowest BCUT2D eigenvalue weighted by Gasteiger charge is -2.08. The second kappa shape index (κ2) is 8.88. The number of esters is 1. The number of fused-ring (bicyclic) bond motifs is 1. The molecule has 0 unspecified atom stereocenters. The highest BCUT2D eigenvalue weighted by Gasteiger charge is 2.17. The van der Waals surface area contributed by atoms with Crippen molar-refractivity contribution >= 4 is 44.9 Å². The largest absolute Gasteiger partial charge is 0.490 e. The predicted octanol–water partition coefficient (Wildman–Crippen LogP) is 4.22. The van der Waals surface area contributed by atoms with E-state index in [-0.39, 0.29) is 19.8 Å². The Morgan fingerprint density at radius 1 is 1.07 bits per heavy atom. The standard InChI is InChI=1S/C20H18ClNO4S/c1-13-6-8-14(9-7-13)25-10-11-26-17(23)12-22-20(24)19-18(21)15-4-2-3-5-16(15)27-19/h2-9H,10-12H2,1H3,(H,22,24). The first-order valence-corrected chi connectivity index (χ1v) is 9.54. The van der Waals surface area contributed by atoms with E-state index in [1.165, 1.54) is 11.3 Å². The Kier molecular flexibility index (Phi) is 6.32. The molecule has 1 amide bonds. The molecule has 0 aliphatic heterocycles. The molecule has 1 N–H and O–H groups in total. The summed E-state index contributed by atoms with van der Waals surface area (Å²) in [6.07, 6.45) is 0. The van der Waals surface area contributed by atoms with Gasteiger partial charge in [0.05, 0.1) is 5.02 Å². The van der Waals surface area contributed by atoms with Gasteiger partial charge in [0.15, 0.2) is 0 Å². The Bertz CT molecular complexity index is 952. The zero-order valence-corrected chi connectivity index (χ0v) is 16.2. The van der Waals surface area contributed by atoms with Crippen molar-refractivity contribution in [2.24, 2.45) is 0 Å². The molecule has 140 valence electrons. The maximum Gasteiger partial charge on any atom is 0.325 e. The summed E-state index contributed by atoms with van der Waals surface area (Å²) in [5.74, 6) is -0.216. The van der Waals surface area contributed by atoms with Gasteiger partial charge in [-0.25, -0.2) is 0 Å². The minimum atomic E-state index is -0.534. The number of aryl methyl sites for hydroxylation is 1. The van der Waals surface area contributed by atoms with Crippen molar-refractivity contribution in [2.45, 2.75) is 6.92 Å². The van der Waals surface area contributed by atoms with Gasteiger partial charge in [-0.1, -0.05) is 47.5 Å². The minimum absolute atomic E-state index is 0.103. The Morgan fingerprint density at radius 2 is 1.81 bits per heavy atom. The van der Waals surface area contributed by atoms with Crippen LogP contribution in [-0.2, 0) is 9.53 Å². The molecule has 5 nitrogen and oxygen atoms in total. The molecule has 0 radical (unpaired) electrons. The van der Waals surface area contributed by atoms with Crippen LogP contribution in [0.3, 0.4) is 0 Å². The number of halogens is 1. The molecule has 0 spiro atoms. The number of rotatable bonds is 7. The lowest BCUT2D eigenvalue weighted by atomic mass is 10.2. The van der Waals surface area contributed by atoms with Crippen molar-refractivity contribution in [3.63, 3.8) is 0 Å². The van der Waals surface area contributed by atoms with Gasteiger partial charge in [0.25, 0.3) is 5.91 Å². The predicted molar refractivity (Wildman–Crippen MR) is 107 cm³/mol. The SMILES string of the molecule is Cc1ccc(OCCOC(=O)CNC(=O)c2sc3ccccc3c2Cl)cc1. The molecule has 1 aromatic heterocycles. The summed E-state index contributed by atoms with van der Waals surface area (Å²) in [6.45, 7) is 2.11. The zero-order valence-electron chi connectivity index (χ0n) is 14.7. The maximum absolute atomic E-state index is 12.3. The van der Waals surface area contributed by atoms with Gasteiger partial charge in [-0.15, -0.1) is 11.3 Å². The summed E-state index contributed by atoms with van der Waals surface area (Å²) >= 11 is 7.54. The molecule has 0 bridgehead atoms. The lowest BCUT2D eigenvalue weighted by molar-refractivity contribution is -0.143. The van der Waals surface area contributed by atoms with Crippen LogP contribution in [-0.4, -0.2) is 31.6 Å². The Balaban J connectivity index is 1.42. The molecule has 0 aliphatic carbocycles. The third-order valence-corrected chi connectivity index (χ3v) is 5.44. The van der Waals surface area contributed by atoms with Gasteiger partial charge < -0.3 is 14.8 Å². The highest BCUT2D eigenvalue weighted by molar-refractivity contribution is 7.21. The highest BCUT2D eigenvalue weighted by atomic mass is 35.5. The maximum atomic E-state index is 12.3. The molecule has 0 atom stereocenters. The van der Waals surface area contributed by atoms with Gasteiger partial charge in [-0.05, 0) is 25.1 Å². The van der Waals surface area contributed by atoms with E-state index >= 15 is 0 Å². The molecule has 0 saturated heterocycles. The van der Waals surface area contributed by atoms with Gasteiger partial charge in [0.2, 0.25) is 0 Å². The Morgan fingerprint density at radius 3 is 2.56 bits per heavy atom. The number of benzene rings is 2. The number of carbonyl (C=O) groups excluding carboxylic acids is 2. The van der Waals surface area contributed by atoms with E-state index in [4.69, 9.17) is 21.1 Å². The van der Waals surface area contributed by atoms with Crippen LogP contribution in [0.5, 0.6) is 5.75 Å². The van der Waals surface area contributed by atoms with Crippen LogP contribution in [0.4, 0.5) is 0 Å². The van der Waals surface area contributed by atoms with E-state index in [0.29, 0.717) is 15.6 Å². The molecule has 3 aromatic rings. The Labute approximate surface area is 165 Å². The van der Waals surface area contributed by atoms with Crippen LogP contribution in [0.15, 0.2) is 48.5 Å². The molecule has 27 heavy (non-hydrogen) atoms. The zero-order chi connectivity index (χ0) is 19.2. The third-order valence-electron chi connectivity index (χ3n) is 3.77. The molecule has 0 aliphatic rings.